The fourth-order valence-electron chi connectivity index (χ4n) is 6.90. The van der Waals surface area contributed by atoms with Crippen LogP contribution in [0.4, 0.5) is 0 Å². The molecule has 4 rings (SSSR count). The van der Waals surface area contributed by atoms with Crippen molar-refractivity contribution in [3.05, 3.63) is 24.3 Å². The summed E-state index contributed by atoms with van der Waals surface area (Å²) in [4.78, 5) is 86.5. The zero-order chi connectivity index (χ0) is 34.8. The van der Waals surface area contributed by atoms with Gasteiger partial charge in [0.05, 0.1) is 12.2 Å². The number of hydrogen-bond acceptors (Lipinski definition) is 8. The zero-order valence-electron chi connectivity index (χ0n) is 28.8. The first kappa shape index (κ1) is 36.9. The number of hydrogen-bond donors (Lipinski definition) is 5. The molecule has 5 N–H and O–H groups in total. The molecule has 3 aliphatic rings. The minimum atomic E-state index is -0.868. The molecule has 0 aliphatic heterocycles. The summed E-state index contributed by atoms with van der Waals surface area (Å²) < 4.78 is 0. The first-order valence-electron chi connectivity index (χ1n) is 17.7. The summed E-state index contributed by atoms with van der Waals surface area (Å²) in [5, 5.41) is 14.3. The molecule has 3 aliphatic carbocycles. The second-order valence-electron chi connectivity index (χ2n) is 14.8. The Morgan fingerprint density at radius 3 is 2.19 bits per heavy atom. The van der Waals surface area contributed by atoms with E-state index < -0.39 is 47.0 Å². The summed E-state index contributed by atoms with van der Waals surface area (Å²) >= 11 is 0. The number of amides is 5. The summed E-state index contributed by atoms with van der Waals surface area (Å²) in [6.45, 7) is 7.88. The van der Waals surface area contributed by atoms with Crippen LogP contribution in [0.2, 0.25) is 0 Å². The van der Waals surface area contributed by atoms with Crippen LogP contribution in [0.5, 0.6) is 0 Å². The molecule has 1 heterocycles. The van der Waals surface area contributed by atoms with E-state index in [1.165, 1.54) is 18.6 Å². The van der Waals surface area contributed by atoms with Gasteiger partial charge in [0, 0.05) is 31.4 Å². The minimum absolute atomic E-state index is 0.00805. The van der Waals surface area contributed by atoms with Crippen LogP contribution in [0.15, 0.2) is 18.6 Å². The number of aromatic nitrogens is 2. The highest BCUT2D eigenvalue weighted by molar-refractivity contribution is 6.38. The number of nitrogens with zero attached hydrogens (tertiary/aromatic N) is 2. The summed E-state index contributed by atoms with van der Waals surface area (Å²) in [6, 6.07) is -2.48. The molecule has 5 amide bonds. The number of ketones is 1. The number of nitrogens with one attached hydrogen (secondary N) is 5. The molecule has 0 aromatic carbocycles. The first-order valence-corrected chi connectivity index (χ1v) is 17.7. The van der Waals surface area contributed by atoms with Crippen LogP contribution >= 0.6 is 0 Å². The molecule has 48 heavy (non-hydrogen) atoms. The van der Waals surface area contributed by atoms with Gasteiger partial charge in [-0.25, -0.2) is 4.98 Å². The Morgan fingerprint density at radius 2 is 1.56 bits per heavy atom. The maximum atomic E-state index is 13.7. The smallest absolute Gasteiger partial charge is 0.289 e. The van der Waals surface area contributed by atoms with Gasteiger partial charge in [-0.2, -0.15) is 0 Å². The maximum Gasteiger partial charge on any atom is 0.289 e. The van der Waals surface area contributed by atoms with E-state index in [2.05, 4.69) is 36.6 Å². The molecule has 13 nitrogen and oxygen atoms in total. The Hall–Kier alpha value is -3.90. The second kappa shape index (κ2) is 17.0. The Bertz CT molecular complexity index is 1310. The third-order valence-electron chi connectivity index (χ3n) is 9.82. The van der Waals surface area contributed by atoms with Crippen molar-refractivity contribution in [3.8, 4) is 0 Å². The maximum absolute atomic E-state index is 13.7. The van der Waals surface area contributed by atoms with Gasteiger partial charge in [-0.05, 0) is 68.1 Å². The molecule has 0 spiro atoms. The van der Waals surface area contributed by atoms with Crippen LogP contribution < -0.4 is 26.6 Å². The van der Waals surface area contributed by atoms with Crippen LogP contribution in [0.3, 0.4) is 0 Å². The van der Waals surface area contributed by atoms with Crippen molar-refractivity contribution >= 4 is 35.3 Å². The summed E-state index contributed by atoms with van der Waals surface area (Å²) in [5.74, 6) is -2.74. The highest BCUT2D eigenvalue weighted by atomic mass is 16.2. The summed E-state index contributed by atoms with van der Waals surface area (Å²) in [5.41, 5.74) is -0.513. The van der Waals surface area contributed by atoms with Crippen LogP contribution in [-0.4, -0.2) is 76.0 Å². The molecule has 3 fully saturated rings. The number of carbonyl (C=O) groups excluding carboxylic acids is 6. The molecule has 0 saturated heterocycles. The molecule has 13 heteroatoms. The normalized spacial score (nSPS) is 21.4. The third kappa shape index (κ3) is 10.6. The van der Waals surface area contributed by atoms with Crippen molar-refractivity contribution < 1.29 is 28.8 Å². The summed E-state index contributed by atoms with van der Waals surface area (Å²) in [7, 11) is 0. The van der Waals surface area contributed by atoms with Gasteiger partial charge < -0.3 is 26.6 Å². The Labute approximate surface area is 283 Å². The molecule has 0 unspecified atom stereocenters. The van der Waals surface area contributed by atoms with Crippen LogP contribution in [0.1, 0.15) is 115 Å². The summed E-state index contributed by atoms with van der Waals surface area (Å²) in [6.07, 6.45) is 13.3. The molecule has 264 valence electrons. The monoisotopic (exact) mass is 667 g/mol. The lowest BCUT2D eigenvalue weighted by Crippen LogP contribution is -2.59. The average molecular weight is 668 g/mol. The fraction of sp³-hybridized carbons (Fsp3) is 0.714. The van der Waals surface area contributed by atoms with Crippen LogP contribution in [-0.2, 0) is 24.0 Å². The largest absolute Gasteiger partial charge is 0.354 e. The van der Waals surface area contributed by atoms with Gasteiger partial charge in [0.25, 0.3) is 11.8 Å². The van der Waals surface area contributed by atoms with Crippen molar-refractivity contribution in [1.29, 1.82) is 0 Å². The predicted octanol–water partition coefficient (Wildman–Crippen LogP) is 2.35. The average Bonchev–Trinajstić information content (AvgIpc) is 3.49. The molecule has 1 aromatic heterocycles. The lowest BCUT2D eigenvalue weighted by Gasteiger charge is -2.33. The van der Waals surface area contributed by atoms with Gasteiger partial charge in [-0.1, -0.05) is 53.4 Å². The van der Waals surface area contributed by atoms with E-state index in [0.717, 1.165) is 57.8 Å². The van der Waals surface area contributed by atoms with Gasteiger partial charge in [0.2, 0.25) is 23.5 Å². The van der Waals surface area contributed by atoms with Crippen molar-refractivity contribution in [3.63, 3.8) is 0 Å². The molecular formula is C35H53N7O6. The quantitative estimate of drug-likeness (QED) is 0.166. The standard InChI is InChI=1S/C35H53N7O6/c1-5-9-25(29(44)33(47)39-24-14-15-24)40-27(43)18-22-12-8-13-23(22)19-38-34(48)30(35(2,3)4)42-32(46)28(21-10-6-7-11-21)41-31(45)26-20-36-16-17-37-26/h16-17,20-25,28,30H,5-15,18-19H2,1-4H3,(H,38,48)(H,39,47)(H,40,43)(H,41,45)(H,42,46)/t22-,23+,25+,28+,30-/m1/s1. The zero-order valence-corrected chi connectivity index (χ0v) is 28.8. The highest BCUT2D eigenvalue weighted by Gasteiger charge is 2.39. The number of rotatable bonds is 16. The fourth-order valence-corrected chi connectivity index (χ4v) is 6.90. The van der Waals surface area contributed by atoms with E-state index in [1.54, 1.807) is 0 Å². The first-order chi connectivity index (χ1) is 22.9. The van der Waals surface area contributed by atoms with Gasteiger partial charge >= 0.3 is 0 Å². The van der Waals surface area contributed by atoms with Gasteiger partial charge in [0.15, 0.2) is 0 Å². The molecule has 5 atom stereocenters. The van der Waals surface area contributed by atoms with E-state index in [-0.39, 0.29) is 47.7 Å². The van der Waals surface area contributed by atoms with Crippen LogP contribution in [0, 0.1) is 23.2 Å². The van der Waals surface area contributed by atoms with E-state index in [9.17, 15) is 28.8 Å². The lowest BCUT2D eigenvalue weighted by atomic mass is 9.85. The van der Waals surface area contributed by atoms with Gasteiger partial charge in [0.1, 0.15) is 17.8 Å². The van der Waals surface area contributed by atoms with E-state index in [1.807, 2.05) is 27.7 Å². The van der Waals surface area contributed by atoms with Crippen molar-refractivity contribution in [2.45, 2.75) is 129 Å². The van der Waals surface area contributed by atoms with Gasteiger partial charge in [-0.15, -0.1) is 0 Å². The second-order valence-corrected chi connectivity index (χ2v) is 14.8. The van der Waals surface area contributed by atoms with E-state index in [4.69, 9.17) is 0 Å². The SMILES string of the molecule is CCC[C@H](NC(=O)C[C@H]1CCC[C@H]1CNC(=O)[C@@H](NC(=O)[C@@H](NC(=O)c1cnccn1)C1CCCC1)C(C)(C)C)C(=O)C(=O)NC1CC1. The van der Waals surface area contributed by atoms with Crippen LogP contribution in [0.25, 0.3) is 0 Å². The number of Topliss-reactive ketones (excluding diaryl/α,β-unsaturated/α-hetero) is 1. The van der Waals surface area contributed by atoms with Gasteiger partial charge in [-0.3, -0.25) is 33.8 Å². The Kier molecular flexibility index (Phi) is 13.1. The molecule has 1 aromatic rings. The molecule has 3 saturated carbocycles. The highest BCUT2D eigenvalue weighted by Crippen LogP contribution is 2.34. The van der Waals surface area contributed by atoms with Crippen molar-refractivity contribution in [2.75, 3.05) is 6.54 Å². The number of carbonyl (C=O) groups is 6. The minimum Gasteiger partial charge on any atom is -0.354 e. The van der Waals surface area contributed by atoms with Crippen molar-refractivity contribution in [2.24, 2.45) is 23.2 Å². The Balaban J connectivity index is 1.33. The van der Waals surface area contributed by atoms with E-state index in [0.29, 0.717) is 19.4 Å². The topological polar surface area (TPSA) is 188 Å². The third-order valence-corrected chi connectivity index (χ3v) is 9.82. The van der Waals surface area contributed by atoms with Crippen molar-refractivity contribution in [1.82, 2.24) is 36.6 Å². The molecule has 0 radical (unpaired) electrons. The molecule has 0 bridgehead atoms. The predicted molar refractivity (Wildman–Crippen MR) is 178 cm³/mol. The lowest BCUT2D eigenvalue weighted by molar-refractivity contribution is -0.140. The van der Waals surface area contributed by atoms with E-state index >= 15 is 0 Å². The molecular weight excluding hydrogens is 614 g/mol. The Morgan fingerprint density at radius 1 is 0.854 bits per heavy atom.